The van der Waals surface area contributed by atoms with Gasteiger partial charge in [0.1, 0.15) is 45.8 Å². The fourth-order valence-corrected chi connectivity index (χ4v) is 8.01. The van der Waals surface area contributed by atoms with Gasteiger partial charge in [-0.25, -0.2) is 0 Å². The highest BCUT2D eigenvalue weighted by molar-refractivity contribution is 6.09. The molecule has 1 aliphatic carbocycles. The van der Waals surface area contributed by atoms with Crippen LogP contribution in [0.1, 0.15) is 109 Å². The molecule has 2 aliphatic rings. The summed E-state index contributed by atoms with van der Waals surface area (Å²) in [5, 5.41) is 78.0. The maximum atomic E-state index is 14.6. The highest BCUT2D eigenvalue weighted by Crippen LogP contribution is 2.58. The fourth-order valence-electron chi connectivity index (χ4n) is 8.01. The van der Waals surface area contributed by atoms with Gasteiger partial charge in [0.25, 0.3) is 0 Å². The molecule has 0 saturated heterocycles. The van der Waals surface area contributed by atoms with Gasteiger partial charge in [-0.2, -0.15) is 0 Å². The van der Waals surface area contributed by atoms with E-state index in [1.165, 1.54) is 49.4 Å². The molecule has 0 spiro atoms. The van der Waals surface area contributed by atoms with E-state index >= 15 is 0 Å². The van der Waals surface area contributed by atoms with Crippen molar-refractivity contribution in [2.75, 3.05) is 0 Å². The zero-order chi connectivity index (χ0) is 41.4. The number of allylic oxidation sites excluding steroid dienone is 3. The lowest BCUT2D eigenvalue weighted by Gasteiger charge is -2.48. The zero-order valence-electron chi connectivity index (χ0n) is 32.2. The van der Waals surface area contributed by atoms with Gasteiger partial charge in [-0.1, -0.05) is 49.3 Å². The van der Waals surface area contributed by atoms with E-state index in [0.29, 0.717) is 16.7 Å². The number of hydrogen-bond donors (Lipinski definition) is 7. The lowest BCUT2D eigenvalue weighted by molar-refractivity contribution is -0.111. The Balaban J connectivity index is 0.00000295. The van der Waals surface area contributed by atoms with E-state index in [0.717, 1.165) is 23.8 Å². The van der Waals surface area contributed by atoms with Crippen molar-refractivity contribution < 1.29 is 59.5 Å². The molecule has 5 atom stereocenters. The largest absolute Gasteiger partial charge is 0.508 e. The Bertz CT molecular complexity index is 2250. The smallest absolute Gasteiger partial charge is 0.206 e. The number of ether oxygens (including phenoxy) is 1. The third-order valence-corrected chi connectivity index (χ3v) is 10.7. The van der Waals surface area contributed by atoms with Crippen LogP contribution in [-0.2, 0) is 5.60 Å². The van der Waals surface area contributed by atoms with Crippen LogP contribution in [0.2, 0.25) is 0 Å². The first-order valence-electron chi connectivity index (χ1n) is 18.2. The predicted octanol–water partition coefficient (Wildman–Crippen LogP) is 8.81. The van der Waals surface area contributed by atoms with E-state index in [-0.39, 0.29) is 58.3 Å². The van der Waals surface area contributed by atoms with Crippen molar-refractivity contribution >= 4 is 11.6 Å². The molecule has 1 heterocycles. The van der Waals surface area contributed by atoms with Gasteiger partial charge in [-0.15, -0.1) is 0 Å². The van der Waals surface area contributed by atoms with Crippen molar-refractivity contribution in [2.45, 2.75) is 84.3 Å². The summed E-state index contributed by atoms with van der Waals surface area (Å²) in [5.74, 6) is -8.05. The summed E-state index contributed by atoms with van der Waals surface area (Å²) >= 11 is 0. The van der Waals surface area contributed by atoms with Gasteiger partial charge < -0.3 is 40.5 Å². The first-order valence-corrected chi connectivity index (χ1v) is 18.2. The van der Waals surface area contributed by atoms with Crippen LogP contribution in [0.15, 0.2) is 84.0 Å². The lowest BCUT2D eigenvalue weighted by Crippen LogP contribution is -2.61. The number of aromatic hydroxyl groups is 6. The predicted molar refractivity (Wildman–Crippen MR) is 207 cm³/mol. The van der Waals surface area contributed by atoms with Crippen LogP contribution in [0.5, 0.6) is 46.0 Å². The van der Waals surface area contributed by atoms with Crippen molar-refractivity contribution in [1.82, 2.24) is 0 Å². The molecule has 296 valence electrons. The van der Waals surface area contributed by atoms with Crippen molar-refractivity contribution in [3.63, 3.8) is 0 Å². The number of halogens is 1. The molecular formula is C44H47FO11. The minimum atomic E-state index is -2.38. The number of fused-ring (bicyclic) bond motifs is 1. The average molecular weight is 771 g/mol. The molecule has 11 nitrogen and oxygen atoms in total. The molecule has 0 fully saturated rings. The summed E-state index contributed by atoms with van der Waals surface area (Å²) in [4.78, 5) is 33.1. The lowest BCUT2D eigenvalue weighted by atomic mass is 9.64. The Morgan fingerprint density at radius 3 is 2.14 bits per heavy atom. The van der Waals surface area contributed by atoms with Gasteiger partial charge >= 0.3 is 0 Å². The maximum absolute atomic E-state index is 14.6. The van der Waals surface area contributed by atoms with Crippen molar-refractivity contribution in [2.24, 2.45) is 5.92 Å². The molecule has 7 N–H and O–H groups in total. The van der Waals surface area contributed by atoms with Crippen LogP contribution in [0.25, 0.3) is 0 Å². The van der Waals surface area contributed by atoms with Crippen LogP contribution in [0, 0.1) is 12.8 Å². The Morgan fingerprint density at radius 2 is 1.55 bits per heavy atom. The van der Waals surface area contributed by atoms with E-state index < -0.39 is 63.3 Å². The first kappa shape index (κ1) is 41.2. The standard InChI is InChI=1S/C42H41FO11.C2H6/c1-20(2)12-13-42(30-11-8-25(54-43)16-22(30)4)41(5,52)40(51)37-34(53-42)19-33(48)36(39(37)50)29-15-21(3)14-28(26-9-6-23(44)17-31(26)46)35(29)38(49)27-10-7-24(45)18-32(27)47;1-2/h6-12,15-19,28-29,35,44-48,50,52H,13-14H2,1-5H3;1-2H3. The number of Topliss-reactive ketones (excluding diaryl/α,β-unsaturated/α-hetero) is 2. The van der Waals surface area contributed by atoms with Gasteiger partial charge in [0, 0.05) is 58.0 Å². The molecule has 4 aromatic rings. The maximum Gasteiger partial charge on any atom is 0.206 e. The second kappa shape index (κ2) is 15.6. The molecule has 56 heavy (non-hydrogen) atoms. The molecular weight excluding hydrogens is 723 g/mol. The van der Waals surface area contributed by atoms with Crippen LogP contribution in [-0.4, -0.2) is 52.9 Å². The van der Waals surface area contributed by atoms with Gasteiger partial charge in [0.2, 0.25) is 5.78 Å². The molecule has 0 aromatic heterocycles. The van der Waals surface area contributed by atoms with E-state index in [1.54, 1.807) is 26.0 Å². The van der Waals surface area contributed by atoms with Crippen LogP contribution in [0.4, 0.5) is 4.53 Å². The first-order chi connectivity index (χ1) is 26.4. The Hall–Kier alpha value is -6.01. The number of phenols is 6. The molecule has 1 aliphatic heterocycles. The third-order valence-electron chi connectivity index (χ3n) is 10.7. The minimum Gasteiger partial charge on any atom is -0.508 e. The Morgan fingerprint density at radius 1 is 0.911 bits per heavy atom. The summed E-state index contributed by atoms with van der Waals surface area (Å²) in [6.07, 6.45) is 3.54. The second-order valence-corrected chi connectivity index (χ2v) is 14.6. The van der Waals surface area contributed by atoms with E-state index in [9.17, 15) is 49.9 Å². The van der Waals surface area contributed by atoms with E-state index in [2.05, 4.69) is 4.94 Å². The summed E-state index contributed by atoms with van der Waals surface area (Å²) in [7, 11) is 0. The fraction of sp³-hybridized carbons (Fsp3) is 0.318. The number of benzene rings is 4. The molecule has 0 bridgehead atoms. The number of carbonyl (C=O) groups excluding carboxylic acids is 2. The van der Waals surface area contributed by atoms with Crippen molar-refractivity contribution in [3.05, 3.63) is 117 Å². The van der Waals surface area contributed by atoms with Crippen LogP contribution >= 0.6 is 0 Å². The highest BCUT2D eigenvalue weighted by atomic mass is 19.3. The average Bonchev–Trinajstić information content (AvgIpc) is 3.13. The summed E-state index contributed by atoms with van der Waals surface area (Å²) in [6, 6.07) is 12.6. The van der Waals surface area contributed by atoms with Gasteiger partial charge in [0.15, 0.2) is 22.7 Å². The number of carbonyl (C=O) groups is 2. The molecule has 0 saturated carbocycles. The topological polar surface area (TPSA) is 194 Å². The summed E-state index contributed by atoms with van der Waals surface area (Å²) < 4.78 is 19.7. The molecule has 4 aromatic carbocycles. The second-order valence-electron chi connectivity index (χ2n) is 14.6. The van der Waals surface area contributed by atoms with Crippen molar-refractivity contribution in [3.8, 4) is 46.0 Å². The molecule has 0 amide bonds. The van der Waals surface area contributed by atoms with Gasteiger partial charge in [-0.05, 0) is 82.5 Å². The normalized spacial score (nSPS) is 22.8. The molecule has 12 heteroatoms. The molecule has 5 unspecified atom stereocenters. The summed E-state index contributed by atoms with van der Waals surface area (Å²) in [6.45, 7) is 12.3. The monoisotopic (exact) mass is 770 g/mol. The van der Waals surface area contributed by atoms with Gasteiger partial charge in [0.05, 0.1) is 5.56 Å². The van der Waals surface area contributed by atoms with Gasteiger partial charge in [-0.3, -0.25) is 14.5 Å². The number of phenolic OH excluding ortho intramolecular Hbond substituents is 6. The molecule has 6 rings (SSSR count). The van der Waals surface area contributed by atoms with Crippen LogP contribution in [0.3, 0.4) is 0 Å². The van der Waals surface area contributed by atoms with E-state index in [1.807, 2.05) is 27.7 Å². The quantitative estimate of drug-likeness (QED) is 0.0669. The number of aliphatic hydroxyl groups is 1. The minimum absolute atomic E-state index is 0.0531. The number of aryl methyl sites for hydroxylation is 1. The number of ketones is 2. The Labute approximate surface area is 324 Å². The summed E-state index contributed by atoms with van der Waals surface area (Å²) in [5.41, 5.74) is -2.63. The van der Waals surface area contributed by atoms with Crippen molar-refractivity contribution in [1.29, 1.82) is 0 Å². The third kappa shape index (κ3) is 7.01. The SMILES string of the molecule is CC.CC(C)=CCC1(c2ccc(OF)cc2C)Oc2cc(O)c(C3C=C(C)CC(c4ccc(O)cc4O)C3C(=O)c3ccc(O)cc3O)c(O)c2C(=O)C1(C)O. The van der Waals surface area contributed by atoms with E-state index in [4.69, 9.17) is 4.74 Å². The zero-order valence-corrected chi connectivity index (χ0v) is 32.2. The highest BCUT2D eigenvalue weighted by Gasteiger charge is 2.60. The number of hydrogen-bond acceptors (Lipinski definition) is 11. The van der Waals surface area contributed by atoms with Crippen LogP contribution < -0.4 is 9.68 Å². The molecule has 0 radical (unpaired) electrons. The Kier molecular flexibility index (Phi) is 11.5. The number of rotatable bonds is 8.